The van der Waals surface area contributed by atoms with E-state index in [2.05, 4.69) is 27.5 Å². The molecule has 1 saturated heterocycles. The highest BCUT2D eigenvalue weighted by molar-refractivity contribution is 5.81. The number of carbonyl (C=O) groups is 1. The number of pyridine rings is 1. The second-order valence-corrected chi connectivity index (χ2v) is 7.13. The van der Waals surface area contributed by atoms with Gasteiger partial charge in [-0.05, 0) is 37.1 Å². The molecular formula is C21H24N4O2. The number of nitrogens with one attached hydrogen (secondary N) is 1. The number of nitrogens with zero attached hydrogens (tertiary/aromatic N) is 3. The number of para-hydroxylation sites is 1. The third kappa shape index (κ3) is 4.17. The van der Waals surface area contributed by atoms with Crippen molar-refractivity contribution in [2.75, 3.05) is 13.2 Å². The number of hydrogen-bond acceptors (Lipinski definition) is 4. The fraction of sp³-hybridized carbons (Fsp3) is 0.381. The summed E-state index contributed by atoms with van der Waals surface area (Å²) >= 11 is 0. The topological polar surface area (TPSA) is 69.0 Å². The average Bonchev–Trinajstić information content (AvgIpc) is 3.29. The van der Waals surface area contributed by atoms with Crippen LogP contribution in [0.2, 0.25) is 0 Å². The molecule has 0 saturated carbocycles. The van der Waals surface area contributed by atoms with Crippen molar-refractivity contribution in [3.8, 4) is 0 Å². The Labute approximate surface area is 158 Å². The standard InChI is InChI=1S/C21H24N4O2/c1-15-7-10-25(24-15)11-8-21(26)23-20-14-27-13-17(20)12-16-6-9-22-19-5-3-2-4-18(16)19/h2-7,9-10,17,20H,8,11-14H2,1H3,(H,23,26)/t17-,20-/m1/s1. The van der Waals surface area contributed by atoms with Crippen LogP contribution in [-0.4, -0.2) is 39.9 Å². The highest BCUT2D eigenvalue weighted by Crippen LogP contribution is 2.24. The molecule has 1 amide bonds. The maximum atomic E-state index is 12.4. The van der Waals surface area contributed by atoms with Crippen LogP contribution in [0.5, 0.6) is 0 Å². The lowest BCUT2D eigenvalue weighted by atomic mass is 9.93. The van der Waals surface area contributed by atoms with Gasteiger partial charge in [-0.3, -0.25) is 14.5 Å². The average molecular weight is 364 g/mol. The SMILES string of the molecule is Cc1ccn(CCC(=O)N[C@@H]2COC[C@H]2Cc2ccnc3ccccc23)n1. The van der Waals surface area contributed by atoms with E-state index in [1.807, 2.05) is 43.6 Å². The number of amides is 1. The summed E-state index contributed by atoms with van der Waals surface area (Å²) in [5, 5.41) is 8.65. The minimum absolute atomic E-state index is 0.0447. The first-order chi connectivity index (χ1) is 13.2. The van der Waals surface area contributed by atoms with E-state index < -0.39 is 0 Å². The van der Waals surface area contributed by atoms with Crippen LogP contribution in [0, 0.1) is 12.8 Å². The van der Waals surface area contributed by atoms with Crippen molar-refractivity contribution in [3.05, 3.63) is 60.0 Å². The summed E-state index contributed by atoms with van der Waals surface area (Å²) in [6.45, 7) is 3.77. The largest absolute Gasteiger partial charge is 0.379 e. The monoisotopic (exact) mass is 364 g/mol. The van der Waals surface area contributed by atoms with Gasteiger partial charge in [-0.2, -0.15) is 5.10 Å². The van der Waals surface area contributed by atoms with Gasteiger partial charge in [-0.1, -0.05) is 18.2 Å². The van der Waals surface area contributed by atoms with Crippen molar-refractivity contribution < 1.29 is 9.53 Å². The lowest BCUT2D eigenvalue weighted by Gasteiger charge is -2.20. The minimum Gasteiger partial charge on any atom is -0.379 e. The van der Waals surface area contributed by atoms with E-state index in [0.29, 0.717) is 26.2 Å². The molecule has 2 atom stereocenters. The van der Waals surface area contributed by atoms with Crippen LogP contribution >= 0.6 is 0 Å². The summed E-state index contributed by atoms with van der Waals surface area (Å²) in [5.74, 6) is 0.315. The summed E-state index contributed by atoms with van der Waals surface area (Å²) < 4.78 is 7.48. The summed E-state index contributed by atoms with van der Waals surface area (Å²) in [5.41, 5.74) is 3.22. The second-order valence-electron chi connectivity index (χ2n) is 7.13. The molecule has 1 aliphatic rings. The molecule has 1 N–H and O–H groups in total. The van der Waals surface area contributed by atoms with Gasteiger partial charge in [0.2, 0.25) is 5.91 Å². The Morgan fingerprint density at radius 3 is 3.00 bits per heavy atom. The summed E-state index contributed by atoms with van der Waals surface area (Å²) in [7, 11) is 0. The van der Waals surface area contributed by atoms with Gasteiger partial charge in [0.1, 0.15) is 0 Å². The highest BCUT2D eigenvalue weighted by Gasteiger charge is 2.30. The van der Waals surface area contributed by atoms with Crippen LogP contribution in [0.3, 0.4) is 0 Å². The van der Waals surface area contributed by atoms with E-state index in [-0.39, 0.29) is 17.9 Å². The maximum Gasteiger partial charge on any atom is 0.222 e. The Morgan fingerprint density at radius 1 is 1.26 bits per heavy atom. The molecule has 2 aromatic heterocycles. The third-order valence-electron chi connectivity index (χ3n) is 5.11. The molecule has 1 aliphatic heterocycles. The maximum absolute atomic E-state index is 12.4. The minimum atomic E-state index is 0.0447. The van der Waals surface area contributed by atoms with Gasteiger partial charge in [0.05, 0.1) is 30.5 Å². The summed E-state index contributed by atoms with van der Waals surface area (Å²) in [6, 6.07) is 12.2. The Hall–Kier alpha value is -2.73. The Kier molecular flexibility index (Phi) is 5.16. The van der Waals surface area contributed by atoms with Crippen LogP contribution in [0.15, 0.2) is 48.8 Å². The predicted octanol–water partition coefficient (Wildman–Crippen LogP) is 2.50. The number of benzene rings is 1. The molecule has 3 heterocycles. The van der Waals surface area contributed by atoms with E-state index in [1.165, 1.54) is 10.9 Å². The molecule has 3 aromatic rings. The third-order valence-corrected chi connectivity index (χ3v) is 5.11. The number of rotatable bonds is 6. The smallest absolute Gasteiger partial charge is 0.222 e. The summed E-state index contributed by atoms with van der Waals surface area (Å²) in [6.07, 6.45) is 5.04. The van der Waals surface area contributed by atoms with Gasteiger partial charge in [-0.25, -0.2) is 0 Å². The van der Waals surface area contributed by atoms with E-state index >= 15 is 0 Å². The lowest BCUT2D eigenvalue weighted by Crippen LogP contribution is -2.40. The Morgan fingerprint density at radius 2 is 2.15 bits per heavy atom. The van der Waals surface area contributed by atoms with Crippen molar-refractivity contribution in [1.82, 2.24) is 20.1 Å². The second kappa shape index (κ2) is 7.88. The Bertz CT molecular complexity index is 931. The molecular weight excluding hydrogens is 340 g/mol. The van der Waals surface area contributed by atoms with Gasteiger partial charge in [0.25, 0.3) is 0 Å². The van der Waals surface area contributed by atoms with Crippen molar-refractivity contribution in [3.63, 3.8) is 0 Å². The lowest BCUT2D eigenvalue weighted by molar-refractivity contribution is -0.122. The molecule has 6 nitrogen and oxygen atoms in total. The number of carbonyl (C=O) groups excluding carboxylic acids is 1. The van der Waals surface area contributed by atoms with Gasteiger partial charge < -0.3 is 10.1 Å². The van der Waals surface area contributed by atoms with Crippen LogP contribution in [0.1, 0.15) is 17.7 Å². The number of aryl methyl sites for hydroxylation is 2. The molecule has 0 bridgehead atoms. The van der Waals surface area contributed by atoms with Gasteiger partial charge in [0, 0.05) is 36.7 Å². The molecule has 0 radical (unpaired) electrons. The fourth-order valence-corrected chi connectivity index (χ4v) is 3.66. The molecule has 27 heavy (non-hydrogen) atoms. The van der Waals surface area contributed by atoms with Crippen molar-refractivity contribution >= 4 is 16.8 Å². The fourth-order valence-electron chi connectivity index (χ4n) is 3.66. The Balaban J connectivity index is 1.37. The molecule has 0 unspecified atom stereocenters. The quantitative estimate of drug-likeness (QED) is 0.730. The number of ether oxygens (including phenoxy) is 1. The number of aromatic nitrogens is 3. The first kappa shape index (κ1) is 17.7. The normalized spacial score (nSPS) is 19.4. The van der Waals surface area contributed by atoms with Crippen LogP contribution in [0.4, 0.5) is 0 Å². The first-order valence-electron chi connectivity index (χ1n) is 9.39. The van der Waals surface area contributed by atoms with Gasteiger partial charge >= 0.3 is 0 Å². The molecule has 4 rings (SSSR count). The van der Waals surface area contributed by atoms with E-state index in [4.69, 9.17) is 4.74 Å². The zero-order valence-electron chi connectivity index (χ0n) is 15.5. The van der Waals surface area contributed by atoms with E-state index in [1.54, 1.807) is 4.68 Å². The van der Waals surface area contributed by atoms with Crippen molar-refractivity contribution in [2.24, 2.45) is 5.92 Å². The zero-order chi connectivity index (χ0) is 18.6. The van der Waals surface area contributed by atoms with E-state index in [9.17, 15) is 4.79 Å². The van der Waals surface area contributed by atoms with Crippen molar-refractivity contribution in [2.45, 2.75) is 32.4 Å². The van der Waals surface area contributed by atoms with Crippen LogP contribution < -0.4 is 5.32 Å². The number of hydrogen-bond donors (Lipinski definition) is 1. The zero-order valence-corrected chi connectivity index (χ0v) is 15.5. The number of fused-ring (bicyclic) bond motifs is 1. The first-order valence-corrected chi connectivity index (χ1v) is 9.39. The molecule has 0 spiro atoms. The van der Waals surface area contributed by atoms with Crippen LogP contribution in [0.25, 0.3) is 10.9 Å². The van der Waals surface area contributed by atoms with Gasteiger partial charge in [0.15, 0.2) is 0 Å². The van der Waals surface area contributed by atoms with E-state index in [0.717, 1.165) is 17.6 Å². The highest BCUT2D eigenvalue weighted by atomic mass is 16.5. The summed E-state index contributed by atoms with van der Waals surface area (Å²) in [4.78, 5) is 16.8. The molecule has 1 aromatic carbocycles. The molecule has 6 heteroatoms. The molecule has 0 aliphatic carbocycles. The predicted molar refractivity (Wildman–Crippen MR) is 103 cm³/mol. The van der Waals surface area contributed by atoms with Gasteiger partial charge in [-0.15, -0.1) is 0 Å². The van der Waals surface area contributed by atoms with Crippen molar-refractivity contribution in [1.29, 1.82) is 0 Å². The molecule has 1 fully saturated rings. The van der Waals surface area contributed by atoms with Crippen LogP contribution in [-0.2, 0) is 22.5 Å². The molecule has 140 valence electrons.